The summed E-state index contributed by atoms with van der Waals surface area (Å²) in [6.45, 7) is 3.64. The van der Waals surface area contributed by atoms with E-state index < -0.39 is 0 Å². The highest BCUT2D eigenvalue weighted by Crippen LogP contribution is 2.10. The minimum atomic E-state index is -0.174. The second-order valence-corrected chi connectivity index (χ2v) is 4.00. The second-order valence-electron chi connectivity index (χ2n) is 4.00. The van der Waals surface area contributed by atoms with E-state index in [0.29, 0.717) is 19.0 Å². The number of nitrogens with zero attached hydrogens (tertiary/aromatic N) is 1. The number of rotatable bonds is 2. The predicted molar refractivity (Wildman–Crippen MR) is 50.6 cm³/mol. The highest BCUT2D eigenvalue weighted by molar-refractivity contribution is 5.99. The van der Waals surface area contributed by atoms with E-state index in [1.54, 1.807) is 0 Å². The number of carbonyl (C=O) groups is 2. The molecular formula is C9H15N3O2. The summed E-state index contributed by atoms with van der Waals surface area (Å²) in [5.41, 5.74) is 0. The summed E-state index contributed by atoms with van der Waals surface area (Å²) in [5.74, 6) is 0.244. The maximum absolute atomic E-state index is 11.1. The molecule has 0 spiro atoms. The summed E-state index contributed by atoms with van der Waals surface area (Å²) in [7, 11) is 0. The van der Waals surface area contributed by atoms with Crippen molar-refractivity contribution in [3.8, 4) is 0 Å². The molecule has 0 bridgehead atoms. The standard InChI is InChI=1S/C9H15N3O2/c13-8-5-12(6-9(14)11-8)4-7-1-2-10-3-7/h7,10H,1-6H2,(H,11,13,14). The van der Waals surface area contributed by atoms with Crippen LogP contribution in [0.1, 0.15) is 6.42 Å². The average molecular weight is 197 g/mol. The lowest BCUT2D eigenvalue weighted by molar-refractivity contribution is -0.136. The number of imide groups is 1. The molecular weight excluding hydrogens is 182 g/mol. The monoisotopic (exact) mass is 197 g/mol. The Hall–Kier alpha value is -0.940. The molecule has 2 amide bonds. The zero-order valence-corrected chi connectivity index (χ0v) is 8.08. The first kappa shape index (κ1) is 9.61. The van der Waals surface area contributed by atoms with Crippen molar-refractivity contribution in [2.75, 3.05) is 32.7 Å². The van der Waals surface area contributed by atoms with Crippen molar-refractivity contribution < 1.29 is 9.59 Å². The molecule has 0 radical (unpaired) electrons. The third-order valence-electron chi connectivity index (χ3n) is 2.69. The van der Waals surface area contributed by atoms with Gasteiger partial charge in [0.15, 0.2) is 0 Å². The summed E-state index contributed by atoms with van der Waals surface area (Å²) in [6, 6.07) is 0. The van der Waals surface area contributed by atoms with Crippen LogP contribution in [0.2, 0.25) is 0 Å². The number of hydrogen-bond donors (Lipinski definition) is 2. The number of carbonyl (C=O) groups excluding carboxylic acids is 2. The van der Waals surface area contributed by atoms with Crippen LogP contribution in [0.5, 0.6) is 0 Å². The van der Waals surface area contributed by atoms with Crippen LogP contribution in [0, 0.1) is 5.92 Å². The first-order chi connectivity index (χ1) is 6.74. The van der Waals surface area contributed by atoms with Crippen molar-refractivity contribution >= 4 is 11.8 Å². The van der Waals surface area contributed by atoms with Gasteiger partial charge >= 0.3 is 0 Å². The van der Waals surface area contributed by atoms with Gasteiger partial charge in [0.25, 0.3) is 0 Å². The minimum Gasteiger partial charge on any atom is -0.316 e. The van der Waals surface area contributed by atoms with E-state index in [4.69, 9.17) is 0 Å². The fourth-order valence-electron chi connectivity index (χ4n) is 2.06. The van der Waals surface area contributed by atoms with Crippen LogP contribution in [-0.2, 0) is 9.59 Å². The van der Waals surface area contributed by atoms with E-state index in [1.165, 1.54) is 0 Å². The normalized spacial score (nSPS) is 29.3. The predicted octanol–water partition coefficient (Wildman–Crippen LogP) is -1.45. The van der Waals surface area contributed by atoms with Crippen molar-refractivity contribution in [2.24, 2.45) is 5.92 Å². The smallest absolute Gasteiger partial charge is 0.240 e. The minimum absolute atomic E-state index is 0.174. The van der Waals surface area contributed by atoms with E-state index in [-0.39, 0.29) is 11.8 Å². The lowest BCUT2D eigenvalue weighted by Crippen LogP contribution is -2.52. The zero-order chi connectivity index (χ0) is 9.97. The maximum Gasteiger partial charge on any atom is 0.240 e. The largest absolute Gasteiger partial charge is 0.316 e. The molecule has 0 saturated carbocycles. The van der Waals surface area contributed by atoms with Gasteiger partial charge in [-0.15, -0.1) is 0 Å². The maximum atomic E-state index is 11.1. The van der Waals surface area contributed by atoms with Gasteiger partial charge in [-0.1, -0.05) is 0 Å². The second kappa shape index (κ2) is 4.06. The Morgan fingerprint density at radius 2 is 2.00 bits per heavy atom. The van der Waals surface area contributed by atoms with Gasteiger partial charge in [-0.3, -0.25) is 19.8 Å². The van der Waals surface area contributed by atoms with Crippen LogP contribution in [-0.4, -0.2) is 49.4 Å². The van der Waals surface area contributed by atoms with Gasteiger partial charge in [0.1, 0.15) is 0 Å². The van der Waals surface area contributed by atoms with Gasteiger partial charge in [0, 0.05) is 6.54 Å². The molecule has 0 aromatic carbocycles. The molecule has 2 aliphatic heterocycles. The van der Waals surface area contributed by atoms with Gasteiger partial charge in [-0.2, -0.15) is 0 Å². The van der Waals surface area contributed by atoms with Crippen LogP contribution in [0.15, 0.2) is 0 Å². The van der Waals surface area contributed by atoms with Gasteiger partial charge in [-0.25, -0.2) is 0 Å². The Bertz CT molecular complexity index is 232. The van der Waals surface area contributed by atoms with E-state index >= 15 is 0 Å². The Morgan fingerprint density at radius 3 is 2.57 bits per heavy atom. The first-order valence-electron chi connectivity index (χ1n) is 5.00. The van der Waals surface area contributed by atoms with E-state index in [1.807, 2.05) is 4.90 Å². The van der Waals surface area contributed by atoms with Crippen molar-refractivity contribution in [1.29, 1.82) is 0 Å². The number of hydrogen-bond acceptors (Lipinski definition) is 4. The molecule has 5 heteroatoms. The van der Waals surface area contributed by atoms with Crippen molar-refractivity contribution in [3.05, 3.63) is 0 Å². The molecule has 78 valence electrons. The van der Waals surface area contributed by atoms with E-state index in [2.05, 4.69) is 10.6 Å². The molecule has 14 heavy (non-hydrogen) atoms. The molecule has 2 saturated heterocycles. The van der Waals surface area contributed by atoms with Crippen LogP contribution in [0.25, 0.3) is 0 Å². The van der Waals surface area contributed by atoms with E-state index in [9.17, 15) is 9.59 Å². The van der Waals surface area contributed by atoms with Crippen molar-refractivity contribution in [2.45, 2.75) is 6.42 Å². The van der Waals surface area contributed by atoms with Gasteiger partial charge in [0.2, 0.25) is 11.8 Å². The van der Waals surface area contributed by atoms with Crippen LogP contribution >= 0.6 is 0 Å². The molecule has 2 rings (SSSR count). The molecule has 5 nitrogen and oxygen atoms in total. The quantitative estimate of drug-likeness (QED) is 0.532. The molecule has 0 aromatic heterocycles. The molecule has 2 aliphatic rings. The third-order valence-corrected chi connectivity index (χ3v) is 2.69. The third kappa shape index (κ3) is 2.30. The lowest BCUT2D eigenvalue weighted by Gasteiger charge is -2.27. The zero-order valence-electron chi connectivity index (χ0n) is 8.08. The highest BCUT2D eigenvalue weighted by atomic mass is 16.2. The Kier molecular flexibility index (Phi) is 2.79. The molecule has 2 heterocycles. The van der Waals surface area contributed by atoms with Gasteiger partial charge in [-0.05, 0) is 25.4 Å². The van der Waals surface area contributed by atoms with Crippen LogP contribution in [0.4, 0.5) is 0 Å². The molecule has 2 N–H and O–H groups in total. The summed E-state index contributed by atoms with van der Waals surface area (Å²) < 4.78 is 0. The Balaban J connectivity index is 1.84. The summed E-state index contributed by atoms with van der Waals surface area (Å²) in [4.78, 5) is 24.1. The van der Waals surface area contributed by atoms with E-state index in [0.717, 1.165) is 26.1 Å². The summed E-state index contributed by atoms with van der Waals surface area (Å²) >= 11 is 0. The van der Waals surface area contributed by atoms with Gasteiger partial charge in [0.05, 0.1) is 13.1 Å². The highest BCUT2D eigenvalue weighted by Gasteiger charge is 2.25. The molecule has 1 unspecified atom stereocenters. The SMILES string of the molecule is O=C1CN(CC2CCNC2)CC(=O)N1. The Morgan fingerprint density at radius 1 is 1.29 bits per heavy atom. The summed E-state index contributed by atoms with van der Waals surface area (Å²) in [5, 5.41) is 5.57. The average Bonchev–Trinajstić information content (AvgIpc) is 2.54. The van der Waals surface area contributed by atoms with Crippen molar-refractivity contribution in [1.82, 2.24) is 15.5 Å². The number of piperazine rings is 1. The number of amides is 2. The number of nitrogens with one attached hydrogen (secondary N) is 2. The fourth-order valence-corrected chi connectivity index (χ4v) is 2.06. The first-order valence-corrected chi connectivity index (χ1v) is 5.00. The fraction of sp³-hybridized carbons (Fsp3) is 0.778. The Labute approximate surface area is 82.8 Å². The van der Waals surface area contributed by atoms with Gasteiger partial charge < -0.3 is 5.32 Å². The molecule has 2 fully saturated rings. The lowest BCUT2D eigenvalue weighted by atomic mass is 10.1. The van der Waals surface area contributed by atoms with Crippen LogP contribution in [0.3, 0.4) is 0 Å². The van der Waals surface area contributed by atoms with Crippen molar-refractivity contribution in [3.63, 3.8) is 0 Å². The van der Waals surface area contributed by atoms with Crippen LogP contribution < -0.4 is 10.6 Å². The summed E-state index contributed by atoms with van der Waals surface area (Å²) in [6.07, 6.45) is 1.15. The molecule has 0 aromatic rings. The topological polar surface area (TPSA) is 61.4 Å². The molecule has 1 atom stereocenters. The molecule has 0 aliphatic carbocycles.